The van der Waals surface area contributed by atoms with Crippen molar-refractivity contribution >= 4 is 17.4 Å². The molecule has 2 N–H and O–H groups in total. The fourth-order valence-corrected chi connectivity index (χ4v) is 1.75. The van der Waals surface area contributed by atoms with E-state index in [2.05, 4.69) is 25.3 Å². The van der Waals surface area contributed by atoms with Crippen LogP contribution < -0.4 is 5.73 Å². The van der Waals surface area contributed by atoms with Crippen molar-refractivity contribution in [2.24, 2.45) is 0 Å². The molecule has 66 valence electrons. The SMILES string of the molecule is CCc1cc(N)cc(CSC)c1. The third-order valence-electron chi connectivity index (χ3n) is 1.79. The molecule has 2 heteroatoms. The number of nitrogens with two attached hydrogens (primary N) is 1. The van der Waals surface area contributed by atoms with Gasteiger partial charge in [-0.15, -0.1) is 0 Å². The highest BCUT2D eigenvalue weighted by Gasteiger charge is 1.96. The van der Waals surface area contributed by atoms with Gasteiger partial charge in [0.25, 0.3) is 0 Å². The van der Waals surface area contributed by atoms with Gasteiger partial charge >= 0.3 is 0 Å². The zero-order valence-electron chi connectivity index (χ0n) is 7.63. The fraction of sp³-hybridized carbons (Fsp3) is 0.400. The summed E-state index contributed by atoms with van der Waals surface area (Å²) in [5.74, 6) is 1.05. The summed E-state index contributed by atoms with van der Waals surface area (Å²) >= 11 is 1.83. The number of nitrogen functional groups attached to an aromatic ring is 1. The third-order valence-corrected chi connectivity index (χ3v) is 2.42. The molecule has 1 rings (SSSR count). The van der Waals surface area contributed by atoms with Gasteiger partial charge in [0.15, 0.2) is 0 Å². The minimum atomic E-state index is 0.887. The lowest BCUT2D eigenvalue weighted by Gasteiger charge is -2.04. The minimum Gasteiger partial charge on any atom is -0.399 e. The lowest BCUT2D eigenvalue weighted by molar-refractivity contribution is 1.13. The maximum absolute atomic E-state index is 5.76. The van der Waals surface area contributed by atoms with Gasteiger partial charge in [-0.3, -0.25) is 0 Å². The Kier molecular flexibility index (Phi) is 3.48. The lowest BCUT2D eigenvalue weighted by atomic mass is 10.1. The summed E-state index contributed by atoms with van der Waals surface area (Å²) in [6, 6.07) is 6.33. The summed E-state index contributed by atoms with van der Waals surface area (Å²) in [4.78, 5) is 0. The minimum absolute atomic E-state index is 0.887. The number of benzene rings is 1. The van der Waals surface area contributed by atoms with Gasteiger partial charge in [0.2, 0.25) is 0 Å². The second-order valence-corrected chi connectivity index (χ2v) is 3.74. The van der Waals surface area contributed by atoms with Crippen molar-refractivity contribution in [1.82, 2.24) is 0 Å². The van der Waals surface area contributed by atoms with Gasteiger partial charge in [0, 0.05) is 11.4 Å². The monoisotopic (exact) mass is 181 g/mol. The zero-order chi connectivity index (χ0) is 8.97. The quantitative estimate of drug-likeness (QED) is 0.726. The van der Waals surface area contributed by atoms with Crippen molar-refractivity contribution in [3.05, 3.63) is 29.3 Å². The number of thioether (sulfide) groups is 1. The van der Waals surface area contributed by atoms with Crippen LogP contribution in [0.3, 0.4) is 0 Å². The molecule has 0 fully saturated rings. The Labute approximate surface area is 78.4 Å². The van der Waals surface area contributed by atoms with Gasteiger partial charge in [-0.25, -0.2) is 0 Å². The molecule has 0 atom stereocenters. The van der Waals surface area contributed by atoms with Gasteiger partial charge in [-0.05, 0) is 35.9 Å². The second kappa shape index (κ2) is 4.41. The molecule has 0 spiro atoms. The van der Waals surface area contributed by atoms with Crippen LogP contribution in [0.15, 0.2) is 18.2 Å². The van der Waals surface area contributed by atoms with Crippen LogP contribution in [0.25, 0.3) is 0 Å². The van der Waals surface area contributed by atoms with Gasteiger partial charge in [-0.1, -0.05) is 13.0 Å². The van der Waals surface area contributed by atoms with E-state index in [4.69, 9.17) is 5.73 Å². The molecule has 0 saturated heterocycles. The molecule has 0 aliphatic rings. The van der Waals surface area contributed by atoms with Crippen LogP contribution in [0.2, 0.25) is 0 Å². The van der Waals surface area contributed by atoms with Crippen molar-refractivity contribution in [2.75, 3.05) is 12.0 Å². The Bertz CT molecular complexity index is 258. The number of rotatable bonds is 3. The molecule has 0 aromatic heterocycles. The first-order valence-electron chi connectivity index (χ1n) is 4.13. The van der Waals surface area contributed by atoms with Crippen LogP contribution in [-0.4, -0.2) is 6.26 Å². The first-order valence-corrected chi connectivity index (χ1v) is 5.53. The number of aryl methyl sites for hydroxylation is 1. The van der Waals surface area contributed by atoms with E-state index < -0.39 is 0 Å². The summed E-state index contributed by atoms with van der Waals surface area (Å²) in [7, 11) is 0. The third kappa shape index (κ3) is 2.45. The largest absolute Gasteiger partial charge is 0.399 e. The highest BCUT2D eigenvalue weighted by molar-refractivity contribution is 7.97. The first kappa shape index (κ1) is 9.46. The van der Waals surface area contributed by atoms with E-state index in [1.807, 2.05) is 17.8 Å². The molecule has 1 aromatic carbocycles. The molecule has 0 aliphatic carbocycles. The molecule has 0 saturated carbocycles. The highest BCUT2D eigenvalue weighted by Crippen LogP contribution is 2.16. The fourth-order valence-electron chi connectivity index (χ4n) is 1.25. The maximum Gasteiger partial charge on any atom is 0.0319 e. The van der Waals surface area contributed by atoms with Crippen molar-refractivity contribution in [3.63, 3.8) is 0 Å². The maximum atomic E-state index is 5.76. The van der Waals surface area contributed by atoms with E-state index >= 15 is 0 Å². The zero-order valence-corrected chi connectivity index (χ0v) is 8.45. The average molecular weight is 181 g/mol. The number of hydrogen-bond acceptors (Lipinski definition) is 2. The normalized spacial score (nSPS) is 10.2. The van der Waals surface area contributed by atoms with E-state index in [-0.39, 0.29) is 0 Å². The molecule has 0 bridgehead atoms. The van der Waals surface area contributed by atoms with E-state index in [1.54, 1.807) is 0 Å². The number of hydrogen-bond donors (Lipinski definition) is 1. The molecule has 1 aromatic rings. The second-order valence-electron chi connectivity index (χ2n) is 2.87. The Balaban J connectivity index is 2.90. The van der Waals surface area contributed by atoms with Crippen molar-refractivity contribution in [1.29, 1.82) is 0 Å². The van der Waals surface area contributed by atoms with Crippen molar-refractivity contribution in [3.8, 4) is 0 Å². The van der Waals surface area contributed by atoms with E-state index in [0.717, 1.165) is 17.9 Å². The van der Waals surface area contributed by atoms with E-state index in [9.17, 15) is 0 Å². The molecular formula is C10H15NS. The van der Waals surface area contributed by atoms with Gasteiger partial charge in [-0.2, -0.15) is 11.8 Å². The Morgan fingerprint density at radius 1 is 1.25 bits per heavy atom. The molecule has 0 aliphatic heterocycles. The van der Waals surface area contributed by atoms with E-state index in [0.29, 0.717) is 0 Å². The van der Waals surface area contributed by atoms with Crippen LogP contribution in [-0.2, 0) is 12.2 Å². The van der Waals surface area contributed by atoms with Crippen LogP contribution in [0.4, 0.5) is 5.69 Å². The predicted molar refractivity (Wildman–Crippen MR) is 57.5 cm³/mol. The van der Waals surface area contributed by atoms with Crippen LogP contribution in [0, 0.1) is 0 Å². The summed E-state index contributed by atoms with van der Waals surface area (Å²) in [6.07, 6.45) is 3.17. The van der Waals surface area contributed by atoms with Gasteiger partial charge < -0.3 is 5.73 Å². The molecule has 0 unspecified atom stereocenters. The summed E-state index contributed by atoms with van der Waals surface area (Å²) in [5.41, 5.74) is 9.31. The Morgan fingerprint density at radius 2 is 1.92 bits per heavy atom. The van der Waals surface area contributed by atoms with Gasteiger partial charge in [0.05, 0.1) is 0 Å². The summed E-state index contributed by atoms with van der Waals surface area (Å²) in [6.45, 7) is 2.15. The number of anilines is 1. The Morgan fingerprint density at radius 3 is 2.50 bits per heavy atom. The highest BCUT2D eigenvalue weighted by atomic mass is 32.2. The van der Waals surface area contributed by atoms with Crippen LogP contribution in [0.1, 0.15) is 18.1 Å². The average Bonchev–Trinajstić information content (AvgIpc) is 2.04. The molecule has 0 radical (unpaired) electrons. The molecule has 1 nitrogen and oxygen atoms in total. The van der Waals surface area contributed by atoms with Crippen molar-refractivity contribution in [2.45, 2.75) is 19.1 Å². The summed E-state index contributed by atoms with van der Waals surface area (Å²) in [5, 5.41) is 0. The predicted octanol–water partition coefficient (Wildman–Crippen LogP) is 2.69. The van der Waals surface area contributed by atoms with Crippen molar-refractivity contribution < 1.29 is 0 Å². The first-order chi connectivity index (χ1) is 5.76. The van der Waals surface area contributed by atoms with Crippen LogP contribution >= 0.6 is 11.8 Å². The topological polar surface area (TPSA) is 26.0 Å². The molecular weight excluding hydrogens is 166 g/mol. The van der Waals surface area contributed by atoms with Gasteiger partial charge in [0.1, 0.15) is 0 Å². The van der Waals surface area contributed by atoms with E-state index in [1.165, 1.54) is 11.1 Å². The molecule has 0 heterocycles. The lowest BCUT2D eigenvalue weighted by Crippen LogP contribution is -1.91. The van der Waals surface area contributed by atoms with Crippen LogP contribution in [0.5, 0.6) is 0 Å². The molecule has 0 amide bonds. The smallest absolute Gasteiger partial charge is 0.0319 e. The summed E-state index contributed by atoms with van der Waals surface area (Å²) < 4.78 is 0. The molecule has 12 heavy (non-hydrogen) atoms. The standard InChI is InChI=1S/C10H15NS/c1-3-8-4-9(7-12-2)6-10(11)5-8/h4-6H,3,7,11H2,1-2H3. The Hall–Kier alpha value is -0.630.